The number of nitrogens with one attached hydrogen (secondary N) is 1. The van der Waals surface area contributed by atoms with Gasteiger partial charge in [-0.05, 0) is 18.4 Å². The molecule has 0 bridgehead atoms. The van der Waals surface area contributed by atoms with Crippen molar-refractivity contribution in [1.29, 1.82) is 0 Å². The molecule has 0 heterocycles. The number of allylic oxidation sites excluding steroid dienone is 2. The minimum absolute atomic E-state index is 0.638. The molecule has 1 amide bonds. The molecular formula is C11H12F3NO. The molecule has 0 spiro atoms. The van der Waals surface area contributed by atoms with Crippen LogP contribution in [0.25, 0.3) is 0 Å². The zero-order valence-electron chi connectivity index (χ0n) is 8.55. The summed E-state index contributed by atoms with van der Waals surface area (Å²) in [7, 11) is 0. The van der Waals surface area contributed by atoms with Gasteiger partial charge in [-0.3, -0.25) is 4.79 Å². The Bertz CT molecular complexity index is 342. The smallest absolute Gasteiger partial charge is 0.338 e. The van der Waals surface area contributed by atoms with E-state index in [1.807, 2.05) is 11.4 Å². The number of carbonyl (C=O) groups is 1. The highest BCUT2D eigenvalue weighted by Gasteiger charge is 2.39. The Morgan fingerprint density at radius 2 is 2.19 bits per heavy atom. The monoisotopic (exact) mass is 231 g/mol. The zero-order chi connectivity index (χ0) is 12.2. The highest BCUT2D eigenvalue weighted by molar-refractivity contribution is 5.82. The van der Waals surface area contributed by atoms with E-state index in [9.17, 15) is 18.0 Å². The summed E-state index contributed by atoms with van der Waals surface area (Å²) in [6.07, 6.45) is 3.39. The average Bonchev–Trinajstić information content (AvgIpc) is 2.25. The number of alkyl halides is 3. The van der Waals surface area contributed by atoms with Crippen molar-refractivity contribution >= 4 is 5.91 Å². The minimum atomic E-state index is -4.86. The molecule has 1 aliphatic rings. The second-order valence-corrected chi connectivity index (χ2v) is 3.37. The van der Waals surface area contributed by atoms with Crippen molar-refractivity contribution < 1.29 is 18.0 Å². The second kappa shape index (κ2) is 5.01. The highest BCUT2D eigenvalue weighted by Crippen LogP contribution is 2.18. The fraction of sp³-hybridized carbons (Fsp3) is 0.364. The number of hydrogen-bond donors (Lipinski definition) is 1. The highest BCUT2D eigenvalue weighted by atomic mass is 19.4. The van der Waals surface area contributed by atoms with Crippen molar-refractivity contribution in [3.05, 3.63) is 36.5 Å². The summed E-state index contributed by atoms with van der Waals surface area (Å²) in [5.74, 6) is -1.95. The molecule has 0 radical (unpaired) electrons. The van der Waals surface area contributed by atoms with Crippen LogP contribution in [0.4, 0.5) is 13.2 Å². The summed E-state index contributed by atoms with van der Waals surface area (Å²) in [5.41, 5.74) is 0.638. The van der Waals surface area contributed by atoms with Crippen LogP contribution in [0, 0.1) is 0 Å². The van der Waals surface area contributed by atoms with Crippen LogP contribution in [0.3, 0.4) is 0 Å². The lowest BCUT2D eigenvalue weighted by Crippen LogP contribution is -2.43. The molecule has 0 saturated carbocycles. The molecule has 0 aromatic carbocycles. The first kappa shape index (κ1) is 12.5. The largest absolute Gasteiger partial charge is 0.471 e. The van der Waals surface area contributed by atoms with Gasteiger partial charge in [-0.2, -0.15) is 13.2 Å². The van der Waals surface area contributed by atoms with Crippen molar-refractivity contribution in [2.75, 3.05) is 0 Å². The maximum absolute atomic E-state index is 12.0. The van der Waals surface area contributed by atoms with Crippen LogP contribution in [0.15, 0.2) is 36.5 Å². The fourth-order valence-electron chi connectivity index (χ4n) is 1.37. The molecule has 0 fully saturated rings. The Kier molecular flexibility index (Phi) is 3.93. The summed E-state index contributed by atoms with van der Waals surface area (Å²) in [4.78, 5) is 10.7. The molecule has 1 aliphatic carbocycles. The van der Waals surface area contributed by atoms with E-state index in [-0.39, 0.29) is 0 Å². The van der Waals surface area contributed by atoms with Gasteiger partial charge in [0.15, 0.2) is 0 Å². The van der Waals surface area contributed by atoms with E-state index in [0.29, 0.717) is 5.57 Å². The third-order valence-electron chi connectivity index (χ3n) is 2.16. The lowest BCUT2D eigenvalue weighted by molar-refractivity contribution is -0.173. The van der Waals surface area contributed by atoms with E-state index in [2.05, 4.69) is 6.58 Å². The van der Waals surface area contributed by atoms with E-state index in [4.69, 9.17) is 0 Å². The first-order chi connectivity index (χ1) is 7.45. The summed E-state index contributed by atoms with van der Waals surface area (Å²) in [6.45, 7) is 3.41. The van der Waals surface area contributed by atoms with Crippen LogP contribution >= 0.6 is 0 Å². The fourth-order valence-corrected chi connectivity index (χ4v) is 1.37. The third-order valence-corrected chi connectivity index (χ3v) is 2.16. The van der Waals surface area contributed by atoms with Gasteiger partial charge in [0.1, 0.15) is 0 Å². The van der Waals surface area contributed by atoms with Gasteiger partial charge in [-0.25, -0.2) is 0 Å². The molecule has 0 unspecified atom stereocenters. The van der Waals surface area contributed by atoms with Crippen molar-refractivity contribution in [1.82, 2.24) is 5.32 Å². The zero-order valence-corrected chi connectivity index (χ0v) is 8.55. The molecule has 1 N–H and O–H groups in total. The van der Waals surface area contributed by atoms with Crippen LogP contribution in [0.5, 0.6) is 0 Å². The van der Waals surface area contributed by atoms with Crippen LogP contribution < -0.4 is 5.32 Å². The average molecular weight is 231 g/mol. The maximum atomic E-state index is 12.0. The number of halogens is 3. The minimum Gasteiger partial charge on any atom is -0.338 e. The summed E-state index contributed by atoms with van der Waals surface area (Å²) >= 11 is 0. The molecule has 2 nitrogen and oxygen atoms in total. The number of carbonyl (C=O) groups excluding carboxylic acids is 1. The van der Waals surface area contributed by atoms with Crippen molar-refractivity contribution in [2.24, 2.45) is 0 Å². The Labute approximate surface area is 91.5 Å². The molecule has 0 aliphatic heterocycles. The molecule has 88 valence electrons. The topological polar surface area (TPSA) is 29.1 Å². The third kappa shape index (κ3) is 3.25. The Morgan fingerprint density at radius 3 is 2.62 bits per heavy atom. The van der Waals surface area contributed by atoms with Crippen LogP contribution in [-0.2, 0) is 4.79 Å². The summed E-state index contributed by atoms with van der Waals surface area (Å²) in [5, 5.41) is 1.87. The molecule has 1 rings (SSSR count). The molecule has 5 heteroatoms. The second-order valence-electron chi connectivity index (χ2n) is 3.37. The number of amides is 1. The van der Waals surface area contributed by atoms with Gasteiger partial charge in [0, 0.05) is 0 Å². The molecule has 0 aromatic rings. The Morgan fingerprint density at radius 1 is 1.50 bits per heavy atom. The van der Waals surface area contributed by atoms with Crippen molar-refractivity contribution in [3.63, 3.8) is 0 Å². The molecular weight excluding hydrogens is 219 g/mol. The van der Waals surface area contributed by atoms with Gasteiger partial charge < -0.3 is 5.32 Å². The Balaban J connectivity index is 2.69. The van der Waals surface area contributed by atoms with Crippen LogP contribution in [-0.4, -0.2) is 18.1 Å². The molecule has 0 saturated heterocycles. The van der Waals surface area contributed by atoms with Gasteiger partial charge in [0.2, 0.25) is 0 Å². The predicted molar refractivity (Wildman–Crippen MR) is 54.6 cm³/mol. The van der Waals surface area contributed by atoms with Gasteiger partial charge in [0.25, 0.3) is 0 Å². The molecule has 16 heavy (non-hydrogen) atoms. The van der Waals surface area contributed by atoms with Gasteiger partial charge in [0.05, 0.1) is 6.04 Å². The lowest BCUT2D eigenvalue weighted by Gasteiger charge is -2.18. The standard InChI is InChI=1S/C11H12F3NO/c1-2-9(8-6-4-3-5-7-8)15-10(16)11(12,13)14/h2,4,6-7,9H,1,3,5H2,(H,15,16)/t9-/m1/s1. The number of rotatable bonds is 3. The predicted octanol–water partition coefficient (Wildman–Crippen LogP) is 2.50. The van der Waals surface area contributed by atoms with E-state index in [1.54, 1.807) is 12.2 Å². The normalized spacial score (nSPS) is 17.6. The van der Waals surface area contributed by atoms with Crippen LogP contribution in [0.2, 0.25) is 0 Å². The quantitative estimate of drug-likeness (QED) is 0.743. The summed E-state index contributed by atoms with van der Waals surface area (Å²) < 4.78 is 36.1. The van der Waals surface area contributed by atoms with E-state index >= 15 is 0 Å². The van der Waals surface area contributed by atoms with Crippen molar-refractivity contribution in [3.8, 4) is 0 Å². The van der Waals surface area contributed by atoms with E-state index < -0.39 is 18.1 Å². The van der Waals surface area contributed by atoms with Crippen molar-refractivity contribution in [2.45, 2.75) is 25.1 Å². The van der Waals surface area contributed by atoms with Gasteiger partial charge in [-0.15, -0.1) is 6.58 Å². The van der Waals surface area contributed by atoms with Gasteiger partial charge in [-0.1, -0.05) is 24.3 Å². The number of hydrogen-bond acceptors (Lipinski definition) is 1. The van der Waals surface area contributed by atoms with Gasteiger partial charge >= 0.3 is 12.1 Å². The molecule has 0 aromatic heterocycles. The van der Waals surface area contributed by atoms with E-state index in [0.717, 1.165) is 12.8 Å². The maximum Gasteiger partial charge on any atom is 0.471 e. The van der Waals surface area contributed by atoms with E-state index in [1.165, 1.54) is 6.08 Å². The SMILES string of the molecule is C=C[C@@H](NC(=O)C(F)(F)F)C1=CCCC=C1. The summed E-state index contributed by atoms with van der Waals surface area (Å²) in [6, 6.07) is -0.786. The first-order valence-electron chi connectivity index (χ1n) is 4.82. The lowest BCUT2D eigenvalue weighted by atomic mass is 10.0. The first-order valence-corrected chi connectivity index (χ1v) is 4.82. The molecule has 1 atom stereocenters. The Hall–Kier alpha value is -1.52. The van der Waals surface area contributed by atoms with Crippen LogP contribution in [0.1, 0.15) is 12.8 Å².